The van der Waals surface area contributed by atoms with Crippen LogP contribution < -0.4 is 5.32 Å². The maximum Gasteiger partial charge on any atom is 0.0884 e. The van der Waals surface area contributed by atoms with E-state index in [2.05, 4.69) is 5.32 Å². The minimum absolute atomic E-state index is 0. The smallest absolute Gasteiger partial charge is 0.0884 e. The summed E-state index contributed by atoms with van der Waals surface area (Å²) in [6.07, 6.45) is 0. The van der Waals surface area contributed by atoms with Crippen molar-refractivity contribution in [2.24, 2.45) is 0 Å². The lowest BCUT2D eigenvalue weighted by Gasteiger charge is -2.29. The largest absolute Gasteiger partial charge is 0.394 e. The average molecular weight is 317 g/mol. The third kappa shape index (κ3) is 4.55. The van der Waals surface area contributed by atoms with Gasteiger partial charge in [0.25, 0.3) is 0 Å². The molecule has 1 aromatic carbocycles. The zero-order valence-electron chi connectivity index (χ0n) is 9.57. The van der Waals surface area contributed by atoms with E-state index in [4.69, 9.17) is 38.5 Å². The topological polar surface area (TPSA) is 72.7 Å². The van der Waals surface area contributed by atoms with Crippen molar-refractivity contribution in [2.75, 3.05) is 19.8 Å². The summed E-state index contributed by atoms with van der Waals surface area (Å²) in [6.45, 7) is -0.792. The van der Waals surface area contributed by atoms with Crippen molar-refractivity contribution in [2.45, 2.75) is 12.1 Å². The maximum absolute atomic E-state index is 9.13. The van der Waals surface area contributed by atoms with Crippen molar-refractivity contribution < 1.29 is 15.3 Å². The first-order valence-electron chi connectivity index (χ1n) is 5.08. The maximum atomic E-state index is 9.13. The molecule has 18 heavy (non-hydrogen) atoms. The van der Waals surface area contributed by atoms with Gasteiger partial charge in [-0.1, -0.05) is 29.3 Å². The molecule has 7 heteroatoms. The summed E-state index contributed by atoms with van der Waals surface area (Å²) >= 11 is 11.7. The van der Waals surface area contributed by atoms with Gasteiger partial charge in [-0.25, -0.2) is 0 Å². The standard InChI is InChI=1S/C11H15Cl2NO3.ClH/c12-9-2-1-8(10(13)3-9)4-14-11(5-15,6-16)7-17;/h1-3,14-17H,4-7H2;1H. The van der Waals surface area contributed by atoms with Gasteiger partial charge in [0.1, 0.15) is 0 Å². The van der Waals surface area contributed by atoms with Crippen LogP contribution in [0.4, 0.5) is 0 Å². The predicted octanol–water partition coefficient (Wildman–Crippen LogP) is 1.22. The molecular weight excluding hydrogens is 300 g/mol. The average Bonchev–Trinajstić information content (AvgIpc) is 2.33. The van der Waals surface area contributed by atoms with E-state index in [-0.39, 0.29) is 32.2 Å². The van der Waals surface area contributed by atoms with Crippen molar-refractivity contribution in [3.05, 3.63) is 33.8 Å². The highest BCUT2D eigenvalue weighted by atomic mass is 35.5. The molecule has 0 radical (unpaired) electrons. The Morgan fingerprint density at radius 2 is 1.61 bits per heavy atom. The van der Waals surface area contributed by atoms with E-state index in [1.54, 1.807) is 18.2 Å². The monoisotopic (exact) mass is 315 g/mol. The van der Waals surface area contributed by atoms with Gasteiger partial charge in [-0.2, -0.15) is 0 Å². The predicted molar refractivity (Wildman–Crippen MR) is 74.5 cm³/mol. The summed E-state index contributed by atoms with van der Waals surface area (Å²) in [4.78, 5) is 0. The first kappa shape index (κ1) is 17.9. The molecule has 0 aromatic heterocycles. The fourth-order valence-electron chi connectivity index (χ4n) is 1.27. The van der Waals surface area contributed by atoms with Crippen LogP contribution in [0.15, 0.2) is 18.2 Å². The number of benzene rings is 1. The highest BCUT2D eigenvalue weighted by Crippen LogP contribution is 2.21. The third-order valence-corrected chi connectivity index (χ3v) is 3.16. The Morgan fingerprint density at radius 3 is 2.06 bits per heavy atom. The highest BCUT2D eigenvalue weighted by Gasteiger charge is 2.27. The molecule has 0 saturated heterocycles. The van der Waals surface area contributed by atoms with Crippen LogP contribution >= 0.6 is 35.6 Å². The Morgan fingerprint density at radius 1 is 1.06 bits per heavy atom. The Kier molecular flexibility index (Phi) is 8.14. The molecule has 1 aromatic rings. The molecule has 0 atom stereocenters. The normalized spacial score (nSPS) is 11.2. The lowest BCUT2D eigenvalue weighted by atomic mass is 10.0. The van der Waals surface area contributed by atoms with Gasteiger partial charge >= 0.3 is 0 Å². The summed E-state index contributed by atoms with van der Waals surface area (Å²) in [5.41, 5.74) is -0.334. The number of hydrogen-bond acceptors (Lipinski definition) is 4. The molecule has 0 spiro atoms. The zero-order valence-corrected chi connectivity index (χ0v) is 11.9. The van der Waals surface area contributed by atoms with E-state index in [1.807, 2.05) is 0 Å². The van der Waals surface area contributed by atoms with Gasteiger partial charge in [0.15, 0.2) is 0 Å². The Bertz CT molecular complexity index is 364. The van der Waals surface area contributed by atoms with Gasteiger partial charge < -0.3 is 20.6 Å². The molecule has 0 aliphatic rings. The number of rotatable bonds is 6. The van der Waals surface area contributed by atoms with Gasteiger partial charge in [-0.3, -0.25) is 0 Å². The summed E-state index contributed by atoms with van der Waals surface area (Å²) in [7, 11) is 0. The summed E-state index contributed by atoms with van der Waals surface area (Å²) in [5, 5.41) is 31.3. The molecule has 4 nitrogen and oxygen atoms in total. The van der Waals surface area contributed by atoms with Crippen LogP contribution in [0.2, 0.25) is 10.0 Å². The molecule has 0 amide bonds. The van der Waals surface area contributed by atoms with Crippen LogP contribution in [-0.2, 0) is 6.54 Å². The quantitative estimate of drug-likeness (QED) is 0.637. The molecule has 0 aliphatic carbocycles. The van der Waals surface area contributed by atoms with E-state index in [0.29, 0.717) is 16.6 Å². The lowest BCUT2D eigenvalue weighted by Crippen LogP contribution is -2.54. The van der Waals surface area contributed by atoms with Crippen LogP contribution in [0.25, 0.3) is 0 Å². The summed E-state index contributed by atoms with van der Waals surface area (Å²) in [5.74, 6) is 0. The van der Waals surface area contributed by atoms with E-state index in [0.717, 1.165) is 5.56 Å². The van der Waals surface area contributed by atoms with Gasteiger partial charge in [0, 0.05) is 16.6 Å². The third-order valence-electron chi connectivity index (χ3n) is 2.58. The molecule has 0 saturated carbocycles. The SMILES string of the molecule is Cl.OCC(CO)(CO)NCc1ccc(Cl)cc1Cl. The van der Waals surface area contributed by atoms with E-state index >= 15 is 0 Å². The van der Waals surface area contributed by atoms with E-state index in [1.165, 1.54) is 0 Å². The van der Waals surface area contributed by atoms with Crippen LogP contribution in [0.1, 0.15) is 5.56 Å². The summed E-state index contributed by atoms with van der Waals surface area (Å²) < 4.78 is 0. The lowest BCUT2D eigenvalue weighted by molar-refractivity contribution is 0.0414. The van der Waals surface area contributed by atoms with Crippen molar-refractivity contribution in [3.63, 3.8) is 0 Å². The molecule has 0 heterocycles. The second-order valence-electron chi connectivity index (χ2n) is 3.84. The van der Waals surface area contributed by atoms with Gasteiger partial charge in [-0.15, -0.1) is 12.4 Å². The molecule has 0 bridgehead atoms. The molecular formula is C11H16Cl3NO3. The van der Waals surface area contributed by atoms with Gasteiger partial charge in [0.05, 0.1) is 25.4 Å². The Hall–Kier alpha value is -0.0700. The Labute approximate surface area is 122 Å². The minimum Gasteiger partial charge on any atom is -0.394 e. The number of hydrogen-bond donors (Lipinski definition) is 4. The van der Waals surface area contributed by atoms with Gasteiger partial charge in [-0.05, 0) is 17.7 Å². The molecule has 0 aliphatic heterocycles. The fourth-order valence-corrected chi connectivity index (χ4v) is 1.74. The number of aliphatic hydroxyl groups is 3. The van der Waals surface area contributed by atoms with E-state index < -0.39 is 5.54 Å². The van der Waals surface area contributed by atoms with Crippen molar-refractivity contribution in [1.82, 2.24) is 5.32 Å². The van der Waals surface area contributed by atoms with Crippen LogP contribution in [-0.4, -0.2) is 40.7 Å². The highest BCUT2D eigenvalue weighted by molar-refractivity contribution is 6.35. The molecule has 4 N–H and O–H groups in total. The molecule has 104 valence electrons. The number of aliphatic hydroxyl groups excluding tert-OH is 3. The molecule has 0 unspecified atom stereocenters. The van der Waals surface area contributed by atoms with Crippen LogP contribution in [0, 0.1) is 0 Å². The number of nitrogens with one attached hydrogen (secondary N) is 1. The second-order valence-corrected chi connectivity index (χ2v) is 4.69. The van der Waals surface area contributed by atoms with Crippen LogP contribution in [0.3, 0.4) is 0 Å². The van der Waals surface area contributed by atoms with Crippen LogP contribution in [0.5, 0.6) is 0 Å². The fraction of sp³-hybridized carbons (Fsp3) is 0.455. The van der Waals surface area contributed by atoms with E-state index in [9.17, 15) is 0 Å². The van der Waals surface area contributed by atoms with Crippen molar-refractivity contribution in [3.8, 4) is 0 Å². The van der Waals surface area contributed by atoms with Crippen molar-refractivity contribution in [1.29, 1.82) is 0 Å². The molecule has 0 fully saturated rings. The number of halogens is 3. The Balaban J connectivity index is 0.00000289. The van der Waals surface area contributed by atoms with Gasteiger partial charge in [0.2, 0.25) is 0 Å². The zero-order chi connectivity index (χ0) is 12.9. The first-order valence-corrected chi connectivity index (χ1v) is 5.84. The molecule has 1 rings (SSSR count). The van der Waals surface area contributed by atoms with Crippen molar-refractivity contribution >= 4 is 35.6 Å². The minimum atomic E-state index is -1.11. The second kappa shape index (κ2) is 8.17. The first-order chi connectivity index (χ1) is 8.06. The summed E-state index contributed by atoms with van der Waals surface area (Å²) in [6, 6.07) is 5.05.